The van der Waals surface area contributed by atoms with Crippen LogP contribution in [0.2, 0.25) is 5.02 Å². The lowest BCUT2D eigenvalue weighted by Gasteiger charge is -2.17. The first-order valence-corrected chi connectivity index (χ1v) is 7.43. The molecule has 1 aliphatic rings. The normalized spacial score (nSPS) is 26.6. The van der Waals surface area contributed by atoms with Gasteiger partial charge in [-0.3, -0.25) is 0 Å². The van der Waals surface area contributed by atoms with Crippen LogP contribution < -0.4 is 5.32 Å². The highest BCUT2D eigenvalue weighted by Gasteiger charge is 2.52. The average Bonchev–Trinajstić information content (AvgIpc) is 3.04. The Labute approximate surface area is 116 Å². The molecule has 1 N–H and O–H groups in total. The van der Waals surface area contributed by atoms with Crippen LogP contribution in [0.3, 0.4) is 0 Å². The Morgan fingerprint density at radius 1 is 1.33 bits per heavy atom. The van der Waals surface area contributed by atoms with Gasteiger partial charge in [-0.1, -0.05) is 44.5 Å². The summed E-state index contributed by atoms with van der Waals surface area (Å²) in [5.74, 6) is 1.53. The molecule has 1 aromatic carbocycles. The van der Waals surface area contributed by atoms with E-state index in [4.69, 9.17) is 11.6 Å². The molecule has 1 saturated carbocycles. The van der Waals surface area contributed by atoms with E-state index in [0.29, 0.717) is 5.41 Å². The second-order valence-corrected chi connectivity index (χ2v) is 6.41. The Bertz CT molecular complexity index is 385. The van der Waals surface area contributed by atoms with Gasteiger partial charge >= 0.3 is 0 Å². The molecular weight excluding hydrogens is 242 g/mol. The van der Waals surface area contributed by atoms with Crippen LogP contribution in [0, 0.1) is 11.8 Å². The minimum Gasteiger partial charge on any atom is -0.316 e. The first kappa shape index (κ1) is 13.9. The first-order valence-electron chi connectivity index (χ1n) is 7.05. The Kier molecular flexibility index (Phi) is 4.34. The highest BCUT2D eigenvalue weighted by molar-refractivity contribution is 6.30. The van der Waals surface area contributed by atoms with Gasteiger partial charge in [0.2, 0.25) is 0 Å². The van der Waals surface area contributed by atoms with Crippen molar-refractivity contribution in [2.45, 2.75) is 39.0 Å². The Morgan fingerprint density at radius 2 is 2.00 bits per heavy atom. The molecule has 2 rings (SSSR count). The van der Waals surface area contributed by atoms with Gasteiger partial charge in [0.25, 0.3) is 0 Å². The first-order chi connectivity index (χ1) is 8.58. The lowest BCUT2D eigenvalue weighted by Crippen LogP contribution is -2.24. The van der Waals surface area contributed by atoms with Crippen molar-refractivity contribution >= 4 is 11.6 Å². The van der Waals surface area contributed by atoms with Gasteiger partial charge in [-0.25, -0.2) is 0 Å². The fourth-order valence-corrected chi connectivity index (χ4v) is 3.09. The molecule has 1 nitrogen and oxygen atoms in total. The van der Waals surface area contributed by atoms with Crippen LogP contribution in [0.25, 0.3) is 0 Å². The fraction of sp³-hybridized carbons (Fsp3) is 0.625. The third-order valence-corrected chi connectivity index (χ3v) is 4.48. The van der Waals surface area contributed by atoms with E-state index in [0.717, 1.165) is 29.9 Å². The molecule has 1 aliphatic carbocycles. The number of hydrogen-bond donors (Lipinski definition) is 1. The summed E-state index contributed by atoms with van der Waals surface area (Å²) in [5, 5.41) is 4.42. The van der Waals surface area contributed by atoms with Crippen molar-refractivity contribution in [3.63, 3.8) is 0 Å². The highest BCUT2D eigenvalue weighted by Crippen LogP contribution is 2.56. The summed E-state index contributed by atoms with van der Waals surface area (Å²) in [7, 11) is 0. The molecule has 0 heterocycles. The molecule has 1 aromatic rings. The molecule has 0 aliphatic heterocycles. The quantitative estimate of drug-likeness (QED) is 0.811. The van der Waals surface area contributed by atoms with Gasteiger partial charge in [-0.05, 0) is 60.9 Å². The SMILES string of the molecule is CCC1(c2ccc(Cl)cc2)CC1CNCC(C)C. The van der Waals surface area contributed by atoms with Crippen LogP contribution in [0.1, 0.15) is 39.2 Å². The molecule has 100 valence electrons. The van der Waals surface area contributed by atoms with Crippen molar-refractivity contribution in [3.05, 3.63) is 34.9 Å². The number of benzene rings is 1. The zero-order valence-electron chi connectivity index (χ0n) is 11.7. The minimum absolute atomic E-state index is 0.411. The second kappa shape index (κ2) is 5.63. The van der Waals surface area contributed by atoms with Gasteiger partial charge in [-0.2, -0.15) is 0 Å². The predicted molar refractivity (Wildman–Crippen MR) is 79.2 cm³/mol. The molecule has 2 atom stereocenters. The van der Waals surface area contributed by atoms with Gasteiger partial charge < -0.3 is 5.32 Å². The van der Waals surface area contributed by atoms with Crippen LogP contribution >= 0.6 is 11.6 Å². The average molecular weight is 266 g/mol. The molecule has 0 radical (unpaired) electrons. The number of hydrogen-bond acceptors (Lipinski definition) is 1. The summed E-state index contributed by atoms with van der Waals surface area (Å²) >= 11 is 5.97. The van der Waals surface area contributed by atoms with Gasteiger partial charge in [-0.15, -0.1) is 0 Å². The van der Waals surface area contributed by atoms with E-state index >= 15 is 0 Å². The molecule has 2 unspecified atom stereocenters. The van der Waals surface area contributed by atoms with Crippen molar-refractivity contribution in [2.75, 3.05) is 13.1 Å². The van der Waals surface area contributed by atoms with E-state index in [1.165, 1.54) is 18.4 Å². The van der Waals surface area contributed by atoms with Gasteiger partial charge in [0.1, 0.15) is 0 Å². The molecule has 1 fully saturated rings. The molecule has 2 heteroatoms. The van der Waals surface area contributed by atoms with E-state index in [-0.39, 0.29) is 0 Å². The van der Waals surface area contributed by atoms with Crippen LogP contribution in [0.4, 0.5) is 0 Å². The summed E-state index contributed by atoms with van der Waals surface area (Å²) in [5.41, 5.74) is 1.87. The third kappa shape index (κ3) is 2.89. The summed E-state index contributed by atoms with van der Waals surface area (Å²) in [6.07, 6.45) is 2.54. The van der Waals surface area contributed by atoms with E-state index < -0.39 is 0 Å². The Balaban J connectivity index is 1.96. The zero-order chi connectivity index (χ0) is 13.2. The van der Waals surface area contributed by atoms with Crippen LogP contribution in [-0.2, 0) is 5.41 Å². The van der Waals surface area contributed by atoms with E-state index in [2.05, 4.69) is 38.2 Å². The maximum absolute atomic E-state index is 5.97. The minimum atomic E-state index is 0.411. The van der Waals surface area contributed by atoms with Gasteiger partial charge in [0.05, 0.1) is 0 Å². The van der Waals surface area contributed by atoms with Crippen molar-refractivity contribution in [3.8, 4) is 0 Å². The largest absolute Gasteiger partial charge is 0.316 e. The van der Waals surface area contributed by atoms with Crippen molar-refractivity contribution in [2.24, 2.45) is 11.8 Å². The Hall–Kier alpha value is -0.530. The number of nitrogens with one attached hydrogen (secondary N) is 1. The summed E-state index contributed by atoms with van der Waals surface area (Å²) in [6.45, 7) is 9.08. The second-order valence-electron chi connectivity index (χ2n) is 5.97. The Morgan fingerprint density at radius 3 is 2.56 bits per heavy atom. The molecule has 0 aromatic heterocycles. The fourth-order valence-electron chi connectivity index (χ4n) is 2.97. The summed E-state index contributed by atoms with van der Waals surface area (Å²) in [6, 6.07) is 8.44. The topological polar surface area (TPSA) is 12.0 Å². The van der Waals surface area contributed by atoms with E-state index in [1.54, 1.807) is 0 Å². The van der Waals surface area contributed by atoms with Crippen molar-refractivity contribution in [1.82, 2.24) is 5.32 Å². The van der Waals surface area contributed by atoms with Gasteiger partial charge in [0, 0.05) is 5.02 Å². The zero-order valence-corrected chi connectivity index (χ0v) is 12.4. The van der Waals surface area contributed by atoms with Crippen molar-refractivity contribution in [1.29, 1.82) is 0 Å². The number of rotatable bonds is 6. The number of halogens is 1. The predicted octanol–water partition coefficient (Wildman–Crippen LogP) is 4.25. The molecule has 18 heavy (non-hydrogen) atoms. The van der Waals surface area contributed by atoms with Crippen LogP contribution in [0.15, 0.2) is 24.3 Å². The molecule has 0 saturated heterocycles. The molecular formula is C16H24ClN. The third-order valence-electron chi connectivity index (χ3n) is 4.23. The molecule has 0 spiro atoms. The lowest BCUT2D eigenvalue weighted by atomic mass is 9.90. The standard InChI is InChI=1S/C16H24ClN/c1-4-16(13-5-7-15(17)8-6-13)9-14(16)11-18-10-12(2)3/h5-8,12,14,18H,4,9-11H2,1-3H3. The highest BCUT2D eigenvalue weighted by atomic mass is 35.5. The summed E-state index contributed by atoms with van der Waals surface area (Å²) < 4.78 is 0. The molecule has 0 bridgehead atoms. The van der Waals surface area contributed by atoms with E-state index in [9.17, 15) is 0 Å². The molecule has 0 amide bonds. The van der Waals surface area contributed by atoms with Crippen LogP contribution in [0.5, 0.6) is 0 Å². The smallest absolute Gasteiger partial charge is 0.0406 e. The van der Waals surface area contributed by atoms with E-state index in [1.807, 2.05) is 12.1 Å². The van der Waals surface area contributed by atoms with Crippen LogP contribution in [-0.4, -0.2) is 13.1 Å². The maximum Gasteiger partial charge on any atom is 0.0406 e. The van der Waals surface area contributed by atoms with Crippen molar-refractivity contribution < 1.29 is 0 Å². The lowest BCUT2D eigenvalue weighted by molar-refractivity contribution is 0.499. The maximum atomic E-state index is 5.97. The summed E-state index contributed by atoms with van der Waals surface area (Å²) in [4.78, 5) is 0. The van der Waals surface area contributed by atoms with Gasteiger partial charge in [0.15, 0.2) is 0 Å². The monoisotopic (exact) mass is 265 g/mol.